The highest BCUT2D eigenvalue weighted by atomic mass is 16.2. The van der Waals surface area contributed by atoms with Crippen LogP contribution in [-0.4, -0.2) is 42.4 Å². The highest BCUT2D eigenvalue weighted by Gasteiger charge is 2.27. The molecule has 3 N–H and O–H groups in total. The minimum absolute atomic E-state index is 0.135. The Bertz CT molecular complexity index is 456. The lowest BCUT2D eigenvalue weighted by Crippen LogP contribution is -2.43. The van der Waals surface area contributed by atoms with Crippen molar-refractivity contribution in [3.8, 4) is 0 Å². The van der Waals surface area contributed by atoms with Crippen molar-refractivity contribution in [1.82, 2.24) is 20.6 Å². The molecule has 0 aliphatic carbocycles. The first-order chi connectivity index (χ1) is 8.90. The second-order valence-electron chi connectivity index (χ2n) is 4.68. The highest BCUT2D eigenvalue weighted by molar-refractivity contribution is 5.92. The van der Waals surface area contributed by atoms with E-state index < -0.39 is 5.41 Å². The fourth-order valence-corrected chi connectivity index (χ4v) is 1.38. The molecule has 2 amide bonds. The molecule has 0 saturated carbocycles. The van der Waals surface area contributed by atoms with Crippen molar-refractivity contribution in [2.45, 2.75) is 13.8 Å². The van der Waals surface area contributed by atoms with Gasteiger partial charge in [-0.05, 0) is 13.8 Å². The van der Waals surface area contributed by atoms with Crippen LogP contribution >= 0.6 is 0 Å². The van der Waals surface area contributed by atoms with Gasteiger partial charge in [0.05, 0.1) is 17.8 Å². The maximum Gasteiger partial charge on any atom is 0.271 e. The fraction of sp³-hybridized carbons (Fsp3) is 0.500. The largest absolute Gasteiger partial charge is 0.372 e. The number of rotatable bonds is 5. The van der Waals surface area contributed by atoms with Gasteiger partial charge in [0.15, 0.2) is 0 Å². The smallest absolute Gasteiger partial charge is 0.271 e. The van der Waals surface area contributed by atoms with E-state index in [0.29, 0.717) is 5.82 Å². The van der Waals surface area contributed by atoms with Gasteiger partial charge in [0.2, 0.25) is 5.91 Å². The zero-order chi connectivity index (χ0) is 14.5. The Labute approximate surface area is 112 Å². The summed E-state index contributed by atoms with van der Waals surface area (Å²) >= 11 is 0. The minimum atomic E-state index is -0.678. The Morgan fingerprint density at radius 1 is 1.21 bits per heavy atom. The van der Waals surface area contributed by atoms with Gasteiger partial charge in [-0.1, -0.05) is 0 Å². The number of amides is 2. The van der Waals surface area contributed by atoms with Gasteiger partial charge in [-0.25, -0.2) is 9.97 Å². The zero-order valence-corrected chi connectivity index (χ0v) is 11.6. The lowest BCUT2D eigenvalue weighted by molar-refractivity contribution is -0.128. The average Bonchev–Trinajstić information content (AvgIpc) is 2.43. The molecule has 0 unspecified atom stereocenters. The van der Waals surface area contributed by atoms with Gasteiger partial charge in [0.25, 0.3) is 5.91 Å². The molecule has 7 nitrogen and oxygen atoms in total. The number of carbonyl (C=O) groups is 2. The molecule has 0 aromatic carbocycles. The summed E-state index contributed by atoms with van der Waals surface area (Å²) in [6, 6.07) is 0. The van der Waals surface area contributed by atoms with Gasteiger partial charge in [0.1, 0.15) is 11.5 Å². The summed E-state index contributed by atoms with van der Waals surface area (Å²) in [4.78, 5) is 31.4. The quantitative estimate of drug-likeness (QED) is 0.697. The first-order valence-corrected chi connectivity index (χ1v) is 5.91. The summed E-state index contributed by atoms with van der Waals surface area (Å²) in [6.45, 7) is 3.73. The second-order valence-corrected chi connectivity index (χ2v) is 4.68. The van der Waals surface area contributed by atoms with Gasteiger partial charge in [-0.2, -0.15) is 0 Å². The van der Waals surface area contributed by atoms with E-state index in [4.69, 9.17) is 0 Å². The van der Waals surface area contributed by atoms with Gasteiger partial charge < -0.3 is 16.0 Å². The molecule has 19 heavy (non-hydrogen) atoms. The Morgan fingerprint density at radius 2 is 1.89 bits per heavy atom. The molecular weight excluding hydrogens is 246 g/mol. The number of hydrogen-bond donors (Lipinski definition) is 3. The minimum Gasteiger partial charge on any atom is -0.372 e. The predicted molar refractivity (Wildman–Crippen MR) is 71.8 cm³/mol. The molecule has 1 rings (SSSR count). The third-order valence-corrected chi connectivity index (χ3v) is 2.67. The van der Waals surface area contributed by atoms with E-state index in [1.54, 1.807) is 27.9 Å². The standard InChI is InChI=1S/C12H19N5O2/c1-12(2,11(19)14-4)7-17-10(18)8-5-16-9(13-3)6-15-8/h5-6H,7H2,1-4H3,(H,13,16)(H,14,19)(H,17,18). The SMILES string of the molecule is CNC(=O)C(C)(C)CNC(=O)c1cnc(NC)cn1. The number of carbonyl (C=O) groups excluding carboxylic acids is 2. The van der Waals surface area contributed by atoms with Crippen LogP contribution < -0.4 is 16.0 Å². The zero-order valence-electron chi connectivity index (χ0n) is 11.6. The Balaban J connectivity index is 2.62. The van der Waals surface area contributed by atoms with Gasteiger partial charge in [0, 0.05) is 20.6 Å². The molecule has 0 spiro atoms. The Hall–Kier alpha value is -2.18. The van der Waals surface area contributed by atoms with Crippen LogP contribution in [0.3, 0.4) is 0 Å². The van der Waals surface area contributed by atoms with E-state index in [2.05, 4.69) is 25.9 Å². The third kappa shape index (κ3) is 3.90. The van der Waals surface area contributed by atoms with Crippen molar-refractivity contribution in [3.63, 3.8) is 0 Å². The van der Waals surface area contributed by atoms with Crippen LogP contribution in [0.1, 0.15) is 24.3 Å². The molecular formula is C12H19N5O2. The van der Waals surface area contributed by atoms with Crippen LogP contribution in [0.25, 0.3) is 0 Å². The summed E-state index contributed by atoms with van der Waals surface area (Å²) in [6.07, 6.45) is 2.85. The lowest BCUT2D eigenvalue weighted by Gasteiger charge is -2.22. The average molecular weight is 265 g/mol. The Kier molecular flexibility index (Phi) is 4.80. The summed E-state index contributed by atoms with van der Waals surface area (Å²) < 4.78 is 0. The van der Waals surface area contributed by atoms with Crippen molar-refractivity contribution < 1.29 is 9.59 Å². The molecule has 0 bridgehead atoms. The van der Waals surface area contributed by atoms with Crippen LogP contribution in [0.2, 0.25) is 0 Å². The number of hydrogen-bond acceptors (Lipinski definition) is 5. The van der Waals surface area contributed by atoms with Crippen LogP contribution in [0.4, 0.5) is 5.82 Å². The summed E-state index contributed by atoms with van der Waals surface area (Å²) in [7, 11) is 3.28. The third-order valence-electron chi connectivity index (χ3n) is 2.67. The van der Waals surface area contributed by atoms with E-state index in [-0.39, 0.29) is 24.1 Å². The second kappa shape index (κ2) is 6.12. The molecule has 0 aliphatic rings. The first-order valence-electron chi connectivity index (χ1n) is 5.91. The van der Waals surface area contributed by atoms with Gasteiger partial charge in [-0.15, -0.1) is 0 Å². The van der Waals surface area contributed by atoms with Crippen molar-refractivity contribution in [3.05, 3.63) is 18.1 Å². The number of nitrogens with zero attached hydrogens (tertiary/aromatic N) is 2. The molecule has 1 aromatic rings. The van der Waals surface area contributed by atoms with Crippen LogP contribution in [0, 0.1) is 5.41 Å². The summed E-state index contributed by atoms with van der Waals surface area (Å²) in [5.41, 5.74) is -0.463. The van der Waals surface area contributed by atoms with E-state index in [1.807, 2.05) is 0 Å². The van der Waals surface area contributed by atoms with Gasteiger partial charge in [-0.3, -0.25) is 9.59 Å². The molecule has 0 atom stereocenters. The van der Waals surface area contributed by atoms with Crippen LogP contribution in [0.15, 0.2) is 12.4 Å². The Morgan fingerprint density at radius 3 is 2.37 bits per heavy atom. The molecule has 1 aromatic heterocycles. The predicted octanol–water partition coefficient (Wildman–Crippen LogP) is 0.0203. The number of nitrogens with one attached hydrogen (secondary N) is 3. The molecule has 0 fully saturated rings. The van der Waals surface area contributed by atoms with Crippen molar-refractivity contribution in [2.75, 3.05) is 26.0 Å². The van der Waals surface area contributed by atoms with E-state index in [1.165, 1.54) is 12.4 Å². The molecule has 0 saturated heterocycles. The van der Waals surface area contributed by atoms with Crippen molar-refractivity contribution in [2.24, 2.45) is 5.41 Å². The summed E-state index contributed by atoms with van der Waals surface area (Å²) in [5, 5.41) is 8.04. The van der Waals surface area contributed by atoms with Crippen molar-refractivity contribution in [1.29, 1.82) is 0 Å². The highest BCUT2D eigenvalue weighted by Crippen LogP contribution is 2.13. The number of aromatic nitrogens is 2. The van der Waals surface area contributed by atoms with E-state index in [0.717, 1.165) is 0 Å². The molecule has 0 aliphatic heterocycles. The fourth-order valence-electron chi connectivity index (χ4n) is 1.38. The van der Waals surface area contributed by atoms with Crippen molar-refractivity contribution >= 4 is 17.6 Å². The monoisotopic (exact) mass is 265 g/mol. The maximum atomic E-state index is 11.8. The van der Waals surface area contributed by atoms with Gasteiger partial charge >= 0.3 is 0 Å². The summed E-state index contributed by atoms with van der Waals surface area (Å²) in [5.74, 6) is 0.0961. The molecule has 1 heterocycles. The molecule has 104 valence electrons. The molecule has 0 radical (unpaired) electrons. The molecule has 7 heteroatoms. The lowest BCUT2D eigenvalue weighted by atomic mass is 9.92. The normalized spacial score (nSPS) is 10.7. The van der Waals surface area contributed by atoms with Crippen LogP contribution in [-0.2, 0) is 4.79 Å². The topological polar surface area (TPSA) is 96.0 Å². The van der Waals surface area contributed by atoms with E-state index in [9.17, 15) is 9.59 Å². The maximum absolute atomic E-state index is 11.8. The van der Waals surface area contributed by atoms with Crippen LogP contribution in [0.5, 0.6) is 0 Å². The first kappa shape index (κ1) is 14.9. The van der Waals surface area contributed by atoms with E-state index >= 15 is 0 Å². The number of anilines is 1.